The average Bonchev–Trinajstić information content (AvgIpc) is 3.23. The van der Waals surface area contributed by atoms with Crippen LogP contribution in [0.5, 0.6) is 0 Å². The van der Waals surface area contributed by atoms with Gasteiger partial charge in [-0.3, -0.25) is 13.8 Å². The molecular weight excluding hydrogens is 787 g/mol. The molecule has 6 N–H and O–H groups in total. The lowest BCUT2D eigenvalue weighted by Gasteiger charge is -2.41. The summed E-state index contributed by atoms with van der Waals surface area (Å²) in [5, 5.41) is 50.1. The van der Waals surface area contributed by atoms with Gasteiger partial charge in [-0.2, -0.15) is 0 Å². The minimum Gasteiger partial charge on any atom is -0.457 e. The molecule has 0 aromatic heterocycles. The largest absolute Gasteiger partial charge is 0.472 e. The van der Waals surface area contributed by atoms with Crippen LogP contribution < -0.4 is 0 Å². The van der Waals surface area contributed by atoms with Crippen LogP contribution in [0.1, 0.15) is 129 Å². The zero-order valence-electron chi connectivity index (χ0n) is 36.2. The first kappa shape index (κ1) is 55.3. The van der Waals surface area contributed by atoms with Crippen LogP contribution in [0, 0.1) is 0 Å². The Hall–Kier alpha value is -2.74. The van der Waals surface area contributed by atoms with Crippen LogP contribution in [0.25, 0.3) is 0 Å². The third-order valence-corrected chi connectivity index (χ3v) is 10.4. The molecule has 13 heteroatoms. The van der Waals surface area contributed by atoms with Gasteiger partial charge in [0.25, 0.3) is 0 Å². The highest BCUT2D eigenvalue weighted by atomic mass is 31.2. The van der Waals surface area contributed by atoms with Gasteiger partial charge in [0, 0.05) is 13.0 Å². The number of carbonyl (C=O) groups is 1. The van der Waals surface area contributed by atoms with E-state index in [4.69, 9.17) is 18.5 Å². The average molecular weight is 865 g/mol. The number of unbranched alkanes of at least 4 members (excludes halogenated alkanes) is 7. The monoisotopic (exact) mass is 865 g/mol. The van der Waals surface area contributed by atoms with Crippen LogP contribution in [-0.2, 0) is 27.9 Å². The Kier molecular flexibility index (Phi) is 34.0. The standard InChI is InChI=1S/C47H77O12P/c1-3-5-7-9-11-13-15-17-19-20-21-22-23-24-26-28-30-32-34-36-41(48)58-40(38-56-37-35-33-31-29-27-25-18-16-14-12-10-8-6-4-2)39-57-60(54,55)59-47-45(52)43(50)42(49)44(51)46(47)53/h5-8,11-14,17-19,21-22,25,29,31,40,42-47,49-53H,3-4,9-10,15-16,20,23-24,26-28,30,32-39H2,1-2H3,(H,54,55)/b7-5-,8-6-,13-11-,14-12-,19-17-,22-21-,25-18-,31-29-. The first-order valence-electron chi connectivity index (χ1n) is 22.1. The molecule has 0 amide bonds. The molecule has 6 unspecified atom stereocenters. The minimum absolute atomic E-state index is 0.127. The Morgan fingerprint density at radius 2 is 0.933 bits per heavy atom. The lowest BCUT2D eigenvalue weighted by atomic mass is 9.85. The number of phosphoric acid groups is 1. The molecule has 0 radical (unpaired) electrons. The van der Waals surface area contributed by atoms with Crippen molar-refractivity contribution in [3.63, 3.8) is 0 Å². The van der Waals surface area contributed by atoms with E-state index in [1.165, 1.54) is 0 Å². The van der Waals surface area contributed by atoms with Crippen LogP contribution in [-0.4, -0.2) is 98.9 Å². The van der Waals surface area contributed by atoms with E-state index >= 15 is 0 Å². The van der Waals surface area contributed by atoms with E-state index in [0.29, 0.717) is 19.4 Å². The molecule has 1 saturated carbocycles. The van der Waals surface area contributed by atoms with Crippen LogP contribution in [0.3, 0.4) is 0 Å². The maximum Gasteiger partial charge on any atom is 0.472 e. The highest BCUT2D eigenvalue weighted by Crippen LogP contribution is 2.47. The van der Waals surface area contributed by atoms with Gasteiger partial charge in [-0.25, -0.2) is 4.57 Å². The molecule has 0 saturated heterocycles. The number of hydrogen-bond donors (Lipinski definition) is 6. The van der Waals surface area contributed by atoms with Crippen molar-refractivity contribution in [3.8, 4) is 0 Å². The van der Waals surface area contributed by atoms with E-state index in [-0.39, 0.29) is 13.0 Å². The SMILES string of the molecule is CC/C=C\C/C=C\C/C=C\C/C=C\CCCCCCCCC(=O)OC(COCCC/C=C\C/C=C\C/C=C\C/C=C\CC)COP(=O)(O)OC1C(O)C(O)C(O)C(O)C1O. The second-order valence-electron chi connectivity index (χ2n) is 14.8. The fourth-order valence-corrected chi connectivity index (χ4v) is 6.97. The molecule has 0 aromatic rings. The number of hydrogen-bond acceptors (Lipinski definition) is 11. The van der Waals surface area contributed by atoms with Crippen LogP contribution >= 0.6 is 7.82 Å². The molecule has 0 aliphatic heterocycles. The number of carbonyl (C=O) groups excluding carboxylic acids is 1. The third kappa shape index (κ3) is 28.7. The second-order valence-corrected chi connectivity index (χ2v) is 16.2. The maximum absolute atomic E-state index is 12.8. The summed E-state index contributed by atoms with van der Waals surface area (Å²) >= 11 is 0. The molecule has 342 valence electrons. The Morgan fingerprint density at radius 3 is 1.42 bits per heavy atom. The molecule has 1 fully saturated rings. The molecule has 60 heavy (non-hydrogen) atoms. The summed E-state index contributed by atoms with van der Waals surface area (Å²) < 4.78 is 34.0. The zero-order chi connectivity index (χ0) is 44.1. The fourth-order valence-electron chi connectivity index (χ4n) is 6.00. The first-order valence-corrected chi connectivity index (χ1v) is 23.6. The topological polar surface area (TPSA) is 192 Å². The Bertz CT molecular complexity index is 1350. The molecule has 0 heterocycles. The van der Waals surface area contributed by atoms with Gasteiger partial charge in [0.2, 0.25) is 0 Å². The highest BCUT2D eigenvalue weighted by molar-refractivity contribution is 7.47. The van der Waals surface area contributed by atoms with Gasteiger partial charge in [0.15, 0.2) is 0 Å². The Labute approximate surface area is 360 Å². The molecule has 1 aliphatic carbocycles. The van der Waals surface area contributed by atoms with Crippen molar-refractivity contribution >= 4 is 13.8 Å². The van der Waals surface area contributed by atoms with Gasteiger partial charge >= 0.3 is 13.8 Å². The number of allylic oxidation sites excluding steroid dienone is 16. The summed E-state index contributed by atoms with van der Waals surface area (Å²) in [6, 6.07) is 0. The van der Waals surface area contributed by atoms with Crippen molar-refractivity contribution < 1.29 is 58.3 Å². The van der Waals surface area contributed by atoms with E-state index in [9.17, 15) is 39.8 Å². The molecule has 1 aliphatic rings. The summed E-state index contributed by atoms with van der Waals surface area (Å²) in [5.74, 6) is -0.515. The molecule has 0 aromatic carbocycles. The number of rotatable bonds is 35. The van der Waals surface area contributed by atoms with Gasteiger partial charge in [-0.05, 0) is 83.5 Å². The van der Waals surface area contributed by atoms with E-state index in [1.54, 1.807) is 0 Å². The van der Waals surface area contributed by atoms with Crippen molar-refractivity contribution in [2.45, 2.75) is 172 Å². The molecule has 0 bridgehead atoms. The summed E-state index contributed by atoms with van der Waals surface area (Å²) in [4.78, 5) is 23.1. The van der Waals surface area contributed by atoms with Gasteiger partial charge in [0.1, 0.15) is 42.7 Å². The van der Waals surface area contributed by atoms with Crippen molar-refractivity contribution in [3.05, 3.63) is 97.2 Å². The van der Waals surface area contributed by atoms with E-state index in [1.807, 2.05) is 0 Å². The van der Waals surface area contributed by atoms with Crippen molar-refractivity contribution in [1.82, 2.24) is 0 Å². The second kappa shape index (κ2) is 36.9. The molecular formula is C47H77O12P. The van der Waals surface area contributed by atoms with Crippen molar-refractivity contribution in [2.24, 2.45) is 0 Å². The summed E-state index contributed by atoms with van der Waals surface area (Å²) in [6.45, 7) is 3.85. The van der Waals surface area contributed by atoms with E-state index in [0.717, 1.165) is 96.3 Å². The van der Waals surface area contributed by atoms with Crippen LogP contribution in [0.4, 0.5) is 0 Å². The van der Waals surface area contributed by atoms with Gasteiger partial charge in [0.05, 0.1) is 13.2 Å². The summed E-state index contributed by atoms with van der Waals surface area (Å²) in [5.41, 5.74) is 0. The predicted octanol–water partition coefficient (Wildman–Crippen LogP) is 8.75. The number of aliphatic hydroxyl groups is 5. The highest BCUT2D eigenvalue weighted by Gasteiger charge is 2.51. The van der Waals surface area contributed by atoms with Crippen LogP contribution in [0.2, 0.25) is 0 Å². The normalized spacial score (nSPS) is 23.3. The Balaban J connectivity index is 2.47. The zero-order valence-corrected chi connectivity index (χ0v) is 37.1. The quantitative estimate of drug-likeness (QED) is 0.0154. The maximum atomic E-state index is 12.8. The van der Waals surface area contributed by atoms with Gasteiger partial charge in [-0.1, -0.05) is 137 Å². The van der Waals surface area contributed by atoms with E-state index < -0.39 is 63.1 Å². The van der Waals surface area contributed by atoms with Crippen molar-refractivity contribution in [2.75, 3.05) is 19.8 Å². The molecule has 0 spiro atoms. The molecule has 6 atom stereocenters. The van der Waals surface area contributed by atoms with E-state index in [2.05, 4.69) is 111 Å². The minimum atomic E-state index is -5.04. The lowest BCUT2D eigenvalue weighted by Crippen LogP contribution is -2.64. The molecule has 1 rings (SSSR count). The first-order chi connectivity index (χ1) is 29.0. The predicted molar refractivity (Wildman–Crippen MR) is 239 cm³/mol. The lowest BCUT2D eigenvalue weighted by molar-refractivity contribution is -0.220. The smallest absolute Gasteiger partial charge is 0.457 e. The van der Waals surface area contributed by atoms with Gasteiger partial charge in [-0.15, -0.1) is 0 Å². The fraction of sp³-hybridized carbons (Fsp3) is 0.638. The van der Waals surface area contributed by atoms with Crippen molar-refractivity contribution in [1.29, 1.82) is 0 Å². The summed E-state index contributed by atoms with van der Waals surface area (Å²) in [6.07, 6.45) is 37.7. The number of ether oxygens (including phenoxy) is 2. The number of phosphoric ester groups is 1. The third-order valence-electron chi connectivity index (χ3n) is 9.45. The molecule has 12 nitrogen and oxygen atoms in total. The number of esters is 1. The Morgan fingerprint density at radius 1 is 0.533 bits per heavy atom. The van der Waals surface area contributed by atoms with Gasteiger partial charge < -0.3 is 39.9 Å². The van der Waals surface area contributed by atoms with Crippen LogP contribution in [0.15, 0.2) is 97.2 Å². The number of aliphatic hydroxyl groups excluding tert-OH is 5. The summed E-state index contributed by atoms with van der Waals surface area (Å²) in [7, 11) is -5.04.